The number of carbonyl (C=O) groups excluding carboxylic acids is 1. The number of para-hydroxylation sites is 1. The standard InChI is InChI=1S/C25H31N3O2/c1-17(28(2)19-10-11-19)16-26-24(29)15-14-22-21-6-4-5-7-23(21)27-25(22)18-8-12-20(30-3)13-9-18/h4-9,12-13,17,19,27H,10-11,14-16H2,1-3H3,(H,26,29). The predicted octanol–water partition coefficient (Wildman–Crippen LogP) is 4.38. The lowest BCUT2D eigenvalue weighted by atomic mass is 10.0. The minimum atomic E-state index is 0.108. The highest BCUT2D eigenvalue weighted by molar-refractivity contribution is 5.91. The number of rotatable bonds is 9. The number of nitrogens with zero attached hydrogens (tertiary/aromatic N) is 1. The lowest BCUT2D eigenvalue weighted by Gasteiger charge is -2.24. The Balaban J connectivity index is 1.46. The van der Waals surface area contributed by atoms with E-state index in [2.05, 4.69) is 53.4 Å². The van der Waals surface area contributed by atoms with Crippen LogP contribution in [-0.4, -0.2) is 48.6 Å². The molecule has 2 N–H and O–H groups in total. The van der Waals surface area contributed by atoms with Gasteiger partial charge in [0.15, 0.2) is 0 Å². The summed E-state index contributed by atoms with van der Waals surface area (Å²) >= 11 is 0. The van der Waals surface area contributed by atoms with Gasteiger partial charge in [0.1, 0.15) is 5.75 Å². The van der Waals surface area contributed by atoms with E-state index >= 15 is 0 Å². The molecule has 158 valence electrons. The summed E-state index contributed by atoms with van der Waals surface area (Å²) in [5.41, 5.74) is 4.46. The Labute approximate surface area is 178 Å². The van der Waals surface area contributed by atoms with Crippen LogP contribution in [0.3, 0.4) is 0 Å². The van der Waals surface area contributed by atoms with Gasteiger partial charge in [0.2, 0.25) is 5.91 Å². The third kappa shape index (κ3) is 4.51. The maximum Gasteiger partial charge on any atom is 0.220 e. The summed E-state index contributed by atoms with van der Waals surface area (Å²) in [5, 5.41) is 4.30. The summed E-state index contributed by atoms with van der Waals surface area (Å²) in [5.74, 6) is 0.943. The molecular weight excluding hydrogens is 374 g/mol. The Morgan fingerprint density at radius 3 is 2.63 bits per heavy atom. The lowest BCUT2D eigenvalue weighted by molar-refractivity contribution is -0.121. The van der Waals surface area contributed by atoms with Crippen LogP contribution in [0.15, 0.2) is 48.5 Å². The first-order valence-corrected chi connectivity index (χ1v) is 10.8. The van der Waals surface area contributed by atoms with Gasteiger partial charge in [0.25, 0.3) is 0 Å². The number of ether oxygens (including phenoxy) is 1. The molecule has 0 aliphatic heterocycles. The fourth-order valence-corrected chi connectivity index (χ4v) is 4.04. The van der Waals surface area contributed by atoms with Gasteiger partial charge in [-0.15, -0.1) is 0 Å². The smallest absolute Gasteiger partial charge is 0.220 e. The fourth-order valence-electron chi connectivity index (χ4n) is 4.04. The van der Waals surface area contributed by atoms with Gasteiger partial charge in [-0.2, -0.15) is 0 Å². The SMILES string of the molecule is COc1ccc(-c2[nH]c3ccccc3c2CCC(=O)NCC(C)N(C)C2CC2)cc1. The van der Waals surface area contributed by atoms with Crippen LogP contribution in [0.1, 0.15) is 31.7 Å². The number of carbonyl (C=O) groups is 1. The predicted molar refractivity (Wildman–Crippen MR) is 122 cm³/mol. The first kappa shape index (κ1) is 20.5. The fraction of sp³-hybridized carbons (Fsp3) is 0.400. The molecule has 5 heteroatoms. The molecule has 5 nitrogen and oxygen atoms in total. The van der Waals surface area contributed by atoms with Gasteiger partial charge in [-0.25, -0.2) is 0 Å². The normalized spacial score (nSPS) is 14.8. The van der Waals surface area contributed by atoms with Crippen LogP contribution in [0, 0.1) is 0 Å². The van der Waals surface area contributed by atoms with Crippen molar-refractivity contribution in [2.75, 3.05) is 20.7 Å². The van der Waals surface area contributed by atoms with Crippen molar-refractivity contribution in [1.82, 2.24) is 15.2 Å². The molecule has 1 saturated carbocycles. The van der Waals surface area contributed by atoms with Gasteiger partial charge in [-0.1, -0.05) is 18.2 Å². The molecule has 1 heterocycles. The maximum atomic E-state index is 12.6. The van der Waals surface area contributed by atoms with Crippen LogP contribution >= 0.6 is 0 Å². The number of hydrogen-bond acceptors (Lipinski definition) is 3. The van der Waals surface area contributed by atoms with Crippen molar-refractivity contribution in [1.29, 1.82) is 0 Å². The number of H-pyrrole nitrogens is 1. The molecular formula is C25H31N3O2. The van der Waals surface area contributed by atoms with E-state index in [1.807, 2.05) is 24.3 Å². The van der Waals surface area contributed by atoms with E-state index in [-0.39, 0.29) is 5.91 Å². The zero-order chi connectivity index (χ0) is 21.1. The van der Waals surface area contributed by atoms with E-state index in [1.165, 1.54) is 23.8 Å². The number of nitrogens with one attached hydrogen (secondary N) is 2. The van der Waals surface area contributed by atoms with E-state index in [1.54, 1.807) is 7.11 Å². The van der Waals surface area contributed by atoms with Crippen molar-refractivity contribution in [3.8, 4) is 17.0 Å². The molecule has 0 saturated heterocycles. The summed E-state index contributed by atoms with van der Waals surface area (Å²) in [7, 11) is 3.83. The monoisotopic (exact) mass is 405 g/mol. The van der Waals surface area contributed by atoms with Crippen LogP contribution in [0.25, 0.3) is 22.2 Å². The molecule has 1 aliphatic carbocycles. The number of aromatic nitrogens is 1. The molecule has 0 spiro atoms. The zero-order valence-electron chi connectivity index (χ0n) is 18.1. The highest BCUT2D eigenvalue weighted by Crippen LogP contribution is 2.32. The number of fused-ring (bicyclic) bond motifs is 1. The van der Waals surface area contributed by atoms with Gasteiger partial charge in [0, 0.05) is 41.6 Å². The first-order valence-electron chi connectivity index (χ1n) is 10.8. The molecule has 0 bridgehead atoms. The average molecular weight is 406 g/mol. The Morgan fingerprint density at radius 1 is 1.20 bits per heavy atom. The molecule has 4 rings (SSSR count). The van der Waals surface area contributed by atoms with Crippen molar-refractivity contribution in [3.05, 3.63) is 54.1 Å². The Bertz CT molecular complexity index is 1000. The van der Waals surface area contributed by atoms with Crippen molar-refractivity contribution in [2.24, 2.45) is 0 Å². The molecule has 1 unspecified atom stereocenters. The third-order valence-electron chi connectivity index (χ3n) is 6.21. The molecule has 0 radical (unpaired) electrons. The average Bonchev–Trinajstić information content (AvgIpc) is 3.56. The number of amides is 1. The van der Waals surface area contributed by atoms with Crippen LogP contribution < -0.4 is 10.1 Å². The van der Waals surface area contributed by atoms with Crippen molar-refractivity contribution in [3.63, 3.8) is 0 Å². The maximum absolute atomic E-state index is 12.6. The minimum absolute atomic E-state index is 0.108. The van der Waals surface area contributed by atoms with Gasteiger partial charge in [-0.05, 0) is 74.7 Å². The van der Waals surface area contributed by atoms with Gasteiger partial charge in [-0.3, -0.25) is 9.69 Å². The van der Waals surface area contributed by atoms with Gasteiger partial charge < -0.3 is 15.0 Å². The van der Waals surface area contributed by atoms with E-state index in [0.717, 1.165) is 22.5 Å². The Hall–Kier alpha value is -2.79. The second-order valence-corrected chi connectivity index (χ2v) is 8.30. The number of aromatic amines is 1. The van der Waals surface area contributed by atoms with Crippen molar-refractivity contribution < 1.29 is 9.53 Å². The van der Waals surface area contributed by atoms with E-state index in [9.17, 15) is 4.79 Å². The Kier molecular flexibility index (Phi) is 6.09. The minimum Gasteiger partial charge on any atom is -0.497 e. The summed E-state index contributed by atoms with van der Waals surface area (Å²) in [6.45, 7) is 2.88. The van der Waals surface area contributed by atoms with Crippen LogP contribution in [0.4, 0.5) is 0 Å². The molecule has 1 aromatic heterocycles. The molecule has 1 fully saturated rings. The number of benzene rings is 2. The Morgan fingerprint density at radius 2 is 1.93 bits per heavy atom. The first-order chi connectivity index (χ1) is 14.6. The molecule has 3 aromatic rings. The molecule has 2 aromatic carbocycles. The summed E-state index contributed by atoms with van der Waals surface area (Å²) < 4.78 is 5.29. The highest BCUT2D eigenvalue weighted by Gasteiger charge is 2.29. The summed E-state index contributed by atoms with van der Waals surface area (Å²) in [6.07, 6.45) is 3.74. The van der Waals surface area contributed by atoms with Gasteiger partial charge in [0.05, 0.1) is 7.11 Å². The quantitative estimate of drug-likeness (QED) is 0.556. The summed E-state index contributed by atoms with van der Waals surface area (Å²) in [6, 6.07) is 17.4. The molecule has 1 atom stereocenters. The second kappa shape index (κ2) is 8.92. The zero-order valence-corrected chi connectivity index (χ0v) is 18.1. The summed E-state index contributed by atoms with van der Waals surface area (Å²) in [4.78, 5) is 18.5. The highest BCUT2D eigenvalue weighted by atomic mass is 16.5. The number of methoxy groups -OCH3 is 1. The second-order valence-electron chi connectivity index (χ2n) is 8.30. The number of likely N-dealkylation sites (N-methyl/N-ethyl adjacent to an activating group) is 1. The van der Waals surface area contributed by atoms with Crippen LogP contribution in [-0.2, 0) is 11.2 Å². The van der Waals surface area contributed by atoms with Crippen LogP contribution in [0.2, 0.25) is 0 Å². The van der Waals surface area contributed by atoms with Crippen molar-refractivity contribution >= 4 is 16.8 Å². The molecule has 30 heavy (non-hydrogen) atoms. The molecule has 1 amide bonds. The number of hydrogen-bond donors (Lipinski definition) is 2. The topological polar surface area (TPSA) is 57.4 Å². The van der Waals surface area contributed by atoms with E-state index in [0.29, 0.717) is 31.5 Å². The lowest BCUT2D eigenvalue weighted by Crippen LogP contribution is -2.41. The molecule has 1 aliphatic rings. The largest absolute Gasteiger partial charge is 0.497 e. The van der Waals surface area contributed by atoms with E-state index in [4.69, 9.17) is 4.74 Å². The van der Waals surface area contributed by atoms with Crippen molar-refractivity contribution in [2.45, 2.75) is 44.7 Å². The third-order valence-corrected chi connectivity index (χ3v) is 6.21. The van der Waals surface area contributed by atoms with E-state index < -0.39 is 0 Å². The van der Waals surface area contributed by atoms with Crippen LogP contribution in [0.5, 0.6) is 5.75 Å². The number of aryl methyl sites for hydroxylation is 1. The van der Waals surface area contributed by atoms with Gasteiger partial charge >= 0.3 is 0 Å².